The molecular weight excluding hydrogens is 616 g/mol. The summed E-state index contributed by atoms with van der Waals surface area (Å²) < 4.78 is 90.3. The van der Waals surface area contributed by atoms with E-state index in [1.54, 1.807) is 18.5 Å². The van der Waals surface area contributed by atoms with Crippen LogP contribution in [0.5, 0.6) is 0 Å². The van der Waals surface area contributed by atoms with E-state index in [1.807, 2.05) is 38.1 Å². The lowest BCUT2D eigenvalue weighted by Gasteiger charge is -2.41. The van der Waals surface area contributed by atoms with Gasteiger partial charge in [-0.2, -0.15) is 26.3 Å². The molecule has 7 nitrogen and oxygen atoms in total. The molecule has 1 atom stereocenters. The number of benzene rings is 2. The fourth-order valence-electron chi connectivity index (χ4n) is 5.62. The quantitative estimate of drug-likeness (QED) is 0.146. The van der Waals surface area contributed by atoms with Crippen molar-refractivity contribution < 1.29 is 45.7 Å². The highest BCUT2D eigenvalue weighted by Crippen LogP contribution is 2.50. The summed E-state index contributed by atoms with van der Waals surface area (Å²) >= 11 is 0. The van der Waals surface area contributed by atoms with E-state index in [0.29, 0.717) is 62.7 Å². The second-order valence-electron chi connectivity index (χ2n) is 11.3. The summed E-state index contributed by atoms with van der Waals surface area (Å²) in [5.74, 6) is -0.304. The topological polar surface area (TPSA) is 75.1 Å². The van der Waals surface area contributed by atoms with Gasteiger partial charge in [-0.05, 0) is 53.8 Å². The average molecular weight is 654 g/mol. The molecule has 0 aliphatic carbocycles. The number of piperazine rings is 1. The van der Waals surface area contributed by atoms with Crippen molar-refractivity contribution in [3.05, 3.63) is 89.2 Å². The third-order valence-electron chi connectivity index (χ3n) is 8.05. The number of rotatable bonds is 12. The number of aryl methyl sites for hydroxylation is 1. The zero-order valence-corrected chi connectivity index (χ0v) is 25.6. The van der Waals surface area contributed by atoms with Crippen LogP contribution >= 0.6 is 0 Å². The Bertz CT molecular complexity index is 1420. The number of ether oxygens (including phenoxy) is 2. The van der Waals surface area contributed by atoms with Crippen molar-refractivity contribution in [2.45, 2.75) is 57.4 Å². The van der Waals surface area contributed by atoms with Crippen LogP contribution in [0.15, 0.2) is 67.0 Å². The summed E-state index contributed by atoms with van der Waals surface area (Å²) in [5.41, 5.74) is -2.42. The Morgan fingerprint density at radius 2 is 1.59 bits per heavy atom. The van der Waals surface area contributed by atoms with Crippen LogP contribution in [-0.2, 0) is 33.0 Å². The minimum absolute atomic E-state index is 0.104. The number of aromatic nitrogens is 1. The Kier molecular flexibility index (Phi) is 11.5. The van der Waals surface area contributed by atoms with Gasteiger partial charge in [-0.15, -0.1) is 0 Å². The first-order valence-corrected chi connectivity index (χ1v) is 14.9. The minimum atomic E-state index is -5.95. The molecule has 0 spiro atoms. The van der Waals surface area contributed by atoms with E-state index >= 15 is 0 Å². The van der Waals surface area contributed by atoms with Crippen molar-refractivity contribution in [2.75, 3.05) is 39.5 Å². The molecule has 1 aliphatic rings. The lowest BCUT2D eigenvalue weighted by molar-refractivity contribution is -0.376. The van der Waals surface area contributed by atoms with Crippen LogP contribution in [0.1, 0.15) is 35.6 Å². The zero-order chi connectivity index (χ0) is 33.5. The number of carbonyl (C=O) groups excluding carboxylic acids is 1. The van der Waals surface area contributed by atoms with Crippen LogP contribution < -0.4 is 0 Å². The molecule has 3 aromatic rings. The van der Waals surface area contributed by atoms with Crippen LogP contribution in [0.25, 0.3) is 11.1 Å². The molecular formula is C33H37F6N3O4. The highest BCUT2D eigenvalue weighted by atomic mass is 19.4. The summed E-state index contributed by atoms with van der Waals surface area (Å²) in [6, 6.07) is 12.9. The molecule has 1 fully saturated rings. The van der Waals surface area contributed by atoms with Crippen molar-refractivity contribution in [1.29, 1.82) is 0 Å². The highest BCUT2D eigenvalue weighted by molar-refractivity contribution is 5.70. The Hall–Kier alpha value is -3.52. The number of esters is 1. The lowest BCUT2D eigenvalue weighted by Crippen LogP contribution is -2.53. The van der Waals surface area contributed by atoms with E-state index in [4.69, 9.17) is 9.47 Å². The standard InChI is InChI=1S/C33H37F6N3O4/c1-3-45-16-17-46-30(43)19-28-22-41(14-15-42(28)21-24-10-12-40-13-11-24)20-25-4-9-29(23(2)18-25)26-5-7-27(8-6-26)31(44,32(34,35)36)33(37,38)39/h4-13,18,28,44H,3,14-17,19-22H2,1-2H3/t28-/m0/s1. The Morgan fingerprint density at radius 3 is 2.20 bits per heavy atom. The number of hydrogen-bond donors (Lipinski definition) is 1. The van der Waals surface area contributed by atoms with E-state index in [0.717, 1.165) is 35.4 Å². The Morgan fingerprint density at radius 1 is 0.913 bits per heavy atom. The molecule has 0 saturated carbocycles. The van der Waals surface area contributed by atoms with Crippen LogP contribution in [-0.4, -0.2) is 83.7 Å². The van der Waals surface area contributed by atoms with Crippen molar-refractivity contribution >= 4 is 5.97 Å². The van der Waals surface area contributed by atoms with E-state index in [9.17, 15) is 36.2 Å². The molecule has 0 radical (unpaired) electrons. The average Bonchev–Trinajstić information content (AvgIpc) is 3.00. The molecule has 1 aliphatic heterocycles. The van der Waals surface area contributed by atoms with E-state index in [-0.39, 0.29) is 25.0 Å². The van der Waals surface area contributed by atoms with Gasteiger partial charge in [0.15, 0.2) is 0 Å². The number of halogens is 6. The molecule has 13 heteroatoms. The third-order valence-corrected chi connectivity index (χ3v) is 8.05. The first kappa shape index (κ1) is 35.3. The number of aliphatic hydroxyl groups is 1. The molecule has 0 amide bonds. The predicted octanol–water partition coefficient (Wildman–Crippen LogP) is 6.03. The van der Waals surface area contributed by atoms with Gasteiger partial charge in [0.1, 0.15) is 6.61 Å². The van der Waals surface area contributed by atoms with E-state index < -0.39 is 23.5 Å². The van der Waals surface area contributed by atoms with Gasteiger partial charge in [-0.1, -0.05) is 42.5 Å². The Balaban J connectivity index is 1.45. The lowest BCUT2D eigenvalue weighted by atomic mass is 9.90. The maximum Gasteiger partial charge on any atom is 0.430 e. The second kappa shape index (κ2) is 14.9. The molecule has 4 rings (SSSR count). The summed E-state index contributed by atoms with van der Waals surface area (Å²) in [6.07, 6.45) is -8.23. The number of nitrogens with zero attached hydrogens (tertiary/aromatic N) is 3. The third kappa shape index (κ3) is 8.44. The second-order valence-corrected chi connectivity index (χ2v) is 11.3. The minimum Gasteiger partial charge on any atom is -0.463 e. The smallest absolute Gasteiger partial charge is 0.430 e. The van der Waals surface area contributed by atoms with Crippen LogP contribution in [0.2, 0.25) is 0 Å². The summed E-state index contributed by atoms with van der Waals surface area (Å²) in [6.45, 7) is 8.02. The summed E-state index contributed by atoms with van der Waals surface area (Å²) in [5, 5.41) is 9.69. The summed E-state index contributed by atoms with van der Waals surface area (Å²) in [7, 11) is 0. The molecule has 1 saturated heterocycles. The van der Waals surface area contributed by atoms with Gasteiger partial charge in [-0.25, -0.2) is 0 Å². The summed E-state index contributed by atoms with van der Waals surface area (Å²) in [4.78, 5) is 21.2. The number of pyridine rings is 1. The fraction of sp³-hybridized carbons (Fsp3) is 0.455. The monoisotopic (exact) mass is 653 g/mol. The molecule has 1 N–H and O–H groups in total. The van der Waals surface area contributed by atoms with Gasteiger partial charge in [0.05, 0.1) is 13.0 Å². The predicted molar refractivity (Wildman–Crippen MR) is 158 cm³/mol. The van der Waals surface area contributed by atoms with Gasteiger partial charge in [0.25, 0.3) is 5.60 Å². The maximum atomic E-state index is 13.3. The van der Waals surface area contributed by atoms with Crippen molar-refractivity contribution in [3.63, 3.8) is 0 Å². The van der Waals surface area contributed by atoms with E-state index in [1.165, 1.54) is 0 Å². The fourth-order valence-corrected chi connectivity index (χ4v) is 5.62. The first-order chi connectivity index (χ1) is 21.7. The van der Waals surface area contributed by atoms with Gasteiger partial charge in [-0.3, -0.25) is 19.6 Å². The SMILES string of the molecule is CCOCCOC(=O)C[C@H]1CN(Cc2ccc(-c3ccc(C(O)(C(F)(F)F)C(F)(F)F)cc3)c(C)c2)CCN1Cc1ccncc1. The molecule has 250 valence electrons. The van der Waals surface area contributed by atoms with Gasteiger partial charge >= 0.3 is 18.3 Å². The van der Waals surface area contributed by atoms with Gasteiger partial charge in [0, 0.05) is 63.3 Å². The van der Waals surface area contributed by atoms with Gasteiger partial charge in [0.2, 0.25) is 0 Å². The Labute approximate surface area is 263 Å². The molecule has 1 aromatic heterocycles. The van der Waals surface area contributed by atoms with Crippen LogP contribution in [0.3, 0.4) is 0 Å². The molecule has 2 heterocycles. The zero-order valence-electron chi connectivity index (χ0n) is 25.6. The van der Waals surface area contributed by atoms with Crippen LogP contribution in [0.4, 0.5) is 26.3 Å². The molecule has 46 heavy (non-hydrogen) atoms. The molecule has 2 aromatic carbocycles. The van der Waals surface area contributed by atoms with E-state index in [2.05, 4.69) is 14.8 Å². The molecule has 0 unspecified atom stereocenters. The molecule has 0 bridgehead atoms. The highest BCUT2D eigenvalue weighted by Gasteiger charge is 2.71. The number of alkyl halides is 6. The number of carbonyl (C=O) groups is 1. The maximum absolute atomic E-state index is 13.3. The van der Waals surface area contributed by atoms with Crippen molar-refractivity contribution in [3.8, 4) is 11.1 Å². The first-order valence-electron chi connectivity index (χ1n) is 14.9. The van der Waals surface area contributed by atoms with Crippen molar-refractivity contribution in [1.82, 2.24) is 14.8 Å². The van der Waals surface area contributed by atoms with Crippen LogP contribution in [0, 0.1) is 6.92 Å². The van der Waals surface area contributed by atoms with Crippen molar-refractivity contribution in [2.24, 2.45) is 0 Å². The number of hydrogen-bond acceptors (Lipinski definition) is 7. The normalized spacial score (nSPS) is 16.8. The van der Waals surface area contributed by atoms with Gasteiger partial charge < -0.3 is 14.6 Å². The largest absolute Gasteiger partial charge is 0.463 e.